The van der Waals surface area contributed by atoms with Gasteiger partial charge < -0.3 is 4.74 Å². The Labute approximate surface area is 163 Å². The van der Waals surface area contributed by atoms with Gasteiger partial charge in [-0.1, -0.05) is 12.1 Å². The molecule has 0 unspecified atom stereocenters. The van der Waals surface area contributed by atoms with Crippen LogP contribution in [0.2, 0.25) is 0 Å². The Kier molecular flexibility index (Phi) is 5.48. The van der Waals surface area contributed by atoms with E-state index in [1.54, 1.807) is 45.3 Å². The maximum Gasteiger partial charge on any atom is 0.243 e. The molecule has 0 spiro atoms. The largest absolute Gasteiger partial charge is 0.497 e. The molecule has 1 heterocycles. The van der Waals surface area contributed by atoms with Gasteiger partial charge in [0, 0.05) is 20.6 Å². The summed E-state index contributed by atoms with van der Waals surface area (Å²) < 4.78 is 48.0. The summed E-state index contributed by atoms with van der Waals surface area (Å²) in [5.74, 6) is 0.851. The molecule has 7 nitrogen and oxygen atoms in total. The van der Waals surface area contributed by atoms with Crippen LogP contribution in [0, 0.1) is 12.7 Å². The Balaban J connectivity index is 1.91. The van der Waals surface area contributed by atoms with Crippen molar-refractivity contribution in [1.29, 1.82) is 0 Å². The van der Waals surface area contributed by atoms with Gasteiger partial charge in [0.1, 0.15) is 17.4 Å². The molecule has 0 saturated carbocycles. The number of hydrogen-bond acceptors (Lipinski definition) is 5. The van der Waals surface area contributed by atoms with Crippen LogP contribution in [-0.4, -0.2) is 41.6 Å². The summed E-state index contributed by atoms with van der Waals surface area (Å²) in [5, 5.41) is 4.14. The van der Waals surface area contributed by atoms with Gasteiger partial charge in [0.15, 0.2) is 5.82 Å². The molecule has 9 heteroatoms. The van der Waals surface area contributed by atoms with E-state index >= 15 is 0 Å². The number of ether oxygens (including phenoxy) is 1. The Morgan fingerprint density at radius 2 is 1.86 bits per heavy atom. The highest BCUT2D eigenvalue weighted by atomic mass is 32.2. The fourth-order valence-corrected chi connectivity index (χ4v) is 3.85. The van der Waals surface area contributed by atoms with Gasteiger partial charge in [0.2, 0.25) is 10.0 Å². The van der Waals surface area contributed by atoms with Crippen LogP contribution in [-0.2, 0) is 23.6 Å². The van der Waals surface area contributed by atoms with Crippen LogP contribution in [0.15, 0.2) is 47.4 Å². The molecule has 148 valence electrons. The topological polar surface area (TPSA) is 77.3 Å². The molecule has 0 aliphatic heterocycles. The highest BCUT2D eigenvalue weighted by molar-refractivity contribution is 7.89. The number of rotatable bonds is 6. The normalized spacial score (nSPS) is 11.8. The molecule has 0 aliphatic carbocycles. The lowest BCUT2D eigenvalue weighted by Crippen LogP contribution is -2.26. The SMILES string of the molecule is COc1ccc(CN(C)S(=O)(=O)c2ccc(F)c(-c3nc(C)n(C)n3)c2)cc1. The van der Waals surface area contributed by atoms with Crippen LogP contribution in [0.1, 0.15) is 11.4 Å². The van der Waals surface area contributed by atoms with Crippen molar-refractivity contribution in [2.24, 2.45) is 7.05 Å². The quantitative estimate of drug-likeness (QED) is 0.631. The zero-order valence-electron chi connectivity index (χ0n) is 16.0. The molecule has 28 heavy (non-hydrogen) atoms. The smallest absolute Gasteiger partial charge is 0.243 e. The second-order valence-electron chi connectivity index (χ2n) is 6.36. The number of methoxy groups -OCH3 is 1. The summed E-state index contributed by atoms with van der Waals surface area (Å²) in [5.41, 5.74) is 0.846. The zero-order chi connectivity index (χ0) is 20.5. The number of halogens is 1. The van der Waals surface area contributed by atoms with Gasteiger partial charge in [-0.25, -0.2) is 17.8 Å². The van der Waals surface area contributed by atoms with Crippen molar-refractivity contribution >= 4 is 10.0 Å². The molecule has 0 bridgehead atoms. The van der Waals surface area contributed by atoms with Crippen molar-refractivity contribution in [3.05, 3.63) is 59.7 Å². The van der Waals surface area contributed by atoms with Gasteiger partial charge in [-0.3, -0.25) is 4.68 Å². The molecule has 0 saturated heterocycles. The van der Waals surface area contributed by atoms with E-state index < -0.39 is 15.8 Å². The number of aryl methyl sites for hydroxylation is 2. The van der Waals surface area contributed by atoms with E-state index in [1.165, 1.54) is 28.2 Å². The molecular formula is C19H21FN4O3S. The first-order chi connectivity index (χ1) is 13.2. The highest BCUT2D eigenvalue weighted by Crippen LogP contribution is 2.26. The van der Waals surface area contributed by atoms with E-state index in [4.69, 9.17) is 4.74 Å². The van der Waals surface area contributed by atoms with Gasteiger partial charge in [0.25, 0.3) is 0 Å². The molecule has 0 fully saturated rings. The van der Waals surface area contributed by atoms with Crippen molar-refractivity contribution in [3.8, 4) is 17.1 Å². The van der Waals surface area contributed by atoms with E-state index in [9.17, 15) is 12.8 Å². The van der Waals surface area contributed by atoms with E-state index in [0.717, 1.165) is 11.6 Å². The minimum atomic E-state index is -3.83. The van der Waals surface area contributed by atoms with Crippen molar-refractivity contribution in [2.45, 2.75) is 18.4 Å². The molecule has 0 N–H and O–H groups in total. The highest BCUT2D eigenvalue weighted by Gasteiger charge is 2.23. The van der Waals surface area contributed by atoms with Gasteiger partial charge >= 0.3 is 0 Å². The third-order valence-corrected chi connectivity index (χ3v) is 6.23. The standard InChI is InChI=1S/C19H21FN4O3S/c1-13-21-19(22-24(13)3)17-11-16(9-10-18(17)20)28(25,26)23(2)12-14-5-7-15(27-4)8-6-14/h5-11H,12H2,1-4H3. The number of hydrogen-bond donors (Lipinski definition) is 0. The minimum Gasteiger partial charge on any atom is -0.497 e. The second kappa shape index (κ2) is 7.69. The summed E-state index contributed by atoms with van der Waals surface area (Å²) in [6.07, 6.45) is 0. The average Bonchev–Trinajstić information content (AvgIpc) is 3.01. The maximum atomic E-state index is 14.3. The van der Waals surface area contributed by atoms with Crippen LogP contribution in [0.5, 0.6) is 5.75 Å². The lowest BCUT2D eigenvalue weighted by molar-refractivity contribution is 0.414. The van der Waals surface area contributed by atoms with Crippen molar-refractivity contribution in [3.63, 3.8) is 0 Å². The average molecular weight is 404 g/mol. The fourth-order valence-electron chi connectivity index (χ4n) is 2.67. The Bertz CT molecular complexity index is 1080. The second-order valence-corrected chi connectivity index (χ2v) is 8.40. The summed E-state index contributed by atoms with van der Waals surface area (Å²) in [6, 6.07) is 10.7. The van der Waals surface area contributed by atoms with E-state index in [-0.39, 0.29) is 22.8 Å². The van der Waals surface area contributed by atoms with Crippen LogP contribution < -0.4 is 4.74 Å². The molecule has 0 atom stereocenters. The molecule has 0 aliphatic rings. The lowest BCUT2D eigenvalue weighted by atomic mass is 10.2. The number of aromatic nitrogens is 3. The Morgan fingerprint density at radius 1 is 1.18 bits per heavy atom. The first kappa shape index (κ1) is 20.0. The summed E-state index contributed by atoms with van der Waals surface area (Å²) >= 11 is 0. The molecule has 0 radical (unpaired) electrons. The van der Waals surface area contributed by atoms with Gasteiger partial charge in [-0.2, -0.15) is 9.40 Å². The van der Waals surface area contributed by atoms with Gasteiger partial charge in [0.05, 0.1) is 17.6 Å². The molecule has 2 aromatic carbocycles. The fraction of sp³-hybridized carbons (Fsp3) is 0.263. The summed E-state index contributed by atoms with van der Waals surface area (Å²) in [7, 11) is 0.900. The van der Waals surface area contributed by atoms with Crippen LogP contribution in [0.4, 0.5) is 4.39 Å². The van der Waals surface area contributed by atoms with Crippen molar-refractivity contribution in [1.82, 2.24) is 19.1 Å². The van der Waals surface area contributed by atoms with E-state index in [0.29, 0.717) is 11.6 Å². The molecular weight excluding hydrogens is 383 g/mol. The van der Waals surface area contributed by atoms with Crippen molar-refractivity contribution < 1.29 is 17.5 Å². The maximum absolute atomic E-state index is 14.3. The molecule has 3 aromatic rings. The monoisotopic (exact) mass is 404 g/mol. The first-order valence-electron chi connectivity index (χ1n) is 8.49. The number of sulfonamides is 1. The van der Waals surface area contributed by atoms with Crippen LogP contribution in [0.3, 0.4) is 0 Å². The Hall–Kier alpha value is -2.78. The van der Waals surface area contributed by atoms with Crippen LogP contribution >= 0.6 is 0 Å². The van der Waals surface area contributed by atoms with E-state index in [2.05, 4.69) is 10.1 Å². The number of benzene rings is 2. The minimum absolute atomic E-state index is 0.0231. The predicted molar refractivity (Wildman–Crippen MR) is 103 cm³/mol. The number of nitrogens with zero attached hydrogens (tertiary/aromatic N) is 4. The predicted octanol–water partition coefficient (Wildman–Crippen LogP) is 2.76. The third kappa shape index (κ3) is 3.90. The lowest BCUT2D eigenvalue weighted by Gasteiger charge is -2.18. The molecule has 0 amide bonds. The van der Waals surface area contributed by atoms with Crippen LogP contribution in [0.25, 0.3) is 11.4 Å². The van der Waals surface area contributed by atoms with Gasteiger partial charge in [-0.15, -0.1) is 0 Å². The third-order valence-electron chi connectivity index (χ3n) is 4.43. The summed E-state index contributed by atoms with van der Waals surface area (Å²) in [4.78, 5) is 4.16. The van der Waals surface area contributed by atoms with Crippen molar-refractivity contribution in [2.75, 3.05) is 14.2 Å². The molecule has 3 rings (SSSR count). The molecule has 1 aromatic heterocycles. The zero-order valence-corrected chi connectivity index (χ0v) is 16.9. The summed E-state index contributed by atoms with van der Waals surface area (Å²) in [6.45, 7) is 1.90. The Morgan fingerprint density at radius 3 is 2.43 bits per heavy atom. The first-order valence-corrected chi connectivity index (χ1v) is 9.93. The van der Waals surface area contributed by atoms with Gasteiger partial charge in [-0.05, 0) is 42.8 Å². The van der Waals surface area contributed by atoms with E-state index in [1.807, 2.05) is 0 Å².